The number of carboxylic acid groups (broad SMARTS) is 1. The van der Waals surface area contributed by atoms with E-state index in [1.807, 2.05) is 0 Å². The molecule has 6 atom stereocenters. The second-order valence-electron chi connectivity index (χ2n) is 4.24. The summed E-state index contributed by atoms with van der Waals surface area (Å²) < 4.78 is 10.2. The fourth-order valence-electron chi connectivity index (χ4n) is 1.70. The van der Waals surface area contributed by atoms with Gasteiger partial charge < -0.3 is 35.0 Å². The van der Waals surface area contributed by atoms with Crippen LogP contribution in [-0.2, 0) is 14.3 Å². The van der Waals surface area contributed by atoms with Gasteiger partial charge in [-0.3, -0.25) is 4.79 Å². The Morgan fingerprint density at radius 3 is 2.39 bits per heavy atom. The Morgan fingerprint density at radius 2 is 1.89 bits per heavy atom. The predicted octanol–water partition coefficient (Wildman–Crippen LogP) is -2.33. The van der Waals surface area contributed by atoms with Crippen LogP contribution in [0.15, 0.2) is 0 Å². The van der Waals surface area contributed by atoms with Crippen LogP contribution >= 0.6 is 0 Å². The zero-order valence-corrected chi connectivity index (χ0v) is 9.84. The second-order valence-corrected chi connectivity index (χ2v) is 4.24. The maximum absolute atomic E-state index is 10.5. The summed E-state index contributed by atoms with van der Waals surface area (Å²) in [5.41, 5.74) is 0. The fraction of sp³-hybridized carbons (Fsp3) is 0.900. The number of aliphatic hydroxyl groups is 4. The van der Waals surface area contributed by atoms with E-state index in [1.165, 1.54) is 6.92 Å². The molecule has 0 amide bonds. The number of rotatable bonds is 5. The number of hydrogen-bond acceptors (Lipinski definition) is 7. The Balaban J connectivity index is 2.61. The number of aliphatic carboxylic acids is 1. The van der Waals surface area contributed by atoms with Crippen LogP contribution in [0.2, 0.25) is 0 Å². The first-order valence-corrected chi connectivity index (χ1v) is 5.54. The summed E-state index contributed by atoms with van der Waals surface area (Å²) in [5.74, 6) is -1.08. The van der Waals surface area contributed by atoms with Crippen LogP contribution < -0.4 is 0 Å². The minimum Gasteiger partial charge on any atom is -0.481 e. The lowest BCUT2D eigenvalue weighted by Crippen LogP contribution is -2.59. The molecule has 1 aliphatic rings. The number of hydrogen-bond donors (Lipinski definition) is 5. The van der Waals surface area contributed by atoms with E-state index in [9.17, 15) is 20.1 Å². The first kappa shape index (κ1) is 15.3. The summed E-state index contributed by atoms with van der Waals surface area (Å²) in [5, 5.41) is 46.1. The monoisotopic (exact) mass is 266 g/mol. The van der Waals surface area contributed by atoms with Crippen molar-refractivity contribution in [1.29, 1.82) is 0 Å². The van der Waals surface area contributed by atoms with Gasteiger partial charge in [0, 0.05) is 0 Å². The smallest absolute Gasteiger partial charge is 0.305 e. The lowest BCUT2D eigenvalue weighted by Gasteiger charge is -2.40. The van der Waals surface area contributed by atoms with Gasteiger partial charge in [0.05, 0.1) is 19.1 Å². The highest BCUT2D eigenvalue weighted by Gasteiger charge is 2.44. The van der Waals surface area contributed by atoms with Gasteiger partial charge in [-0.05, 0) is 6.92 Å². The highest BCUT2D eigenvalue weighted by atomic mass is 16.7. The van der Waals surface area contributed by atoms with Gasteiger partial charge in [-0.2, -0.15) is 0 Å². The number of carboxylic acids is 1. The van der Waals surface area contributed by atoms with E-state index in [2.05, 4.69) is 0 Å². The van der Waals surface area contributed by atoms with Gasteiger partial charge in [-0.1, -0.05) is 0 Å². The summed E-state index contributed by atoms with van der Waals surface area (Å²) in [7, 11) is 0. The van der Waals surface area contributed by atoms with E-state index in [4.69, 9.17) is 19.7 Å². The van der Waals surface area contributed by atoms with Crippen LogP contribution in [-0.4, -0.2) is 74.9 Å². The number of aliphatic hydroxyl groups excluding tert-OH is 4. The van der Waals surface area contributed by atoms with Crippen molar-refractivity contribution in [3.05, 3.63) is 0 Å². The molecule has 0 saturated carbocycles. The Morgan fingerprint density at radius 1 is 1.28 bits per heavy atom. The largest absolute Gasteiger partial charge is 0.481 e. The van der Waals surface area contributed by atoms with Crippen LogP contribution in [0.1, 0.15) is 13.3 Å². The Bertz CT molecular complexity index is 281. The number of carbonyl (C=O) groups is 1. The van der Waals surface area contributed by atoms with Gasteiger partial charge in [0.2, 0.25) is 0 Å². The van der Waals surface area contributed by atoms with Crippen molar-refractivity contribution in [2.24, 2.45) is 0 Å². The quantitative estimate of drug-likeness (QED) is 0.373. The molecule has 0 aromatic rings. The van der Waals surface area contributed by atoms with Crippen molar-refractivity contribution in [3.8, 4) is 0 Å². The van der Waals surface area contributed by atoms with E-state index in [0.717, 1.165) is 0 Å². The molecule has 8 nitrogen and oxygen atoms in total. The van der Waals surface area contributed by atoms with Crippen LogP contribution in [0.3, 0.4) is 0 Å². The Labute approximate surface area is 103 Å². The maximum Gasteiger partial charge on any atom is 0.305 e. The molecular formula is C10H18O8. The predicted molar refractivity (Wildman–Crippen MR) is 56.6 cm³/mol. The molecule has 0 spiro atoms. The molecule has 1 fully saturated rings. The molecule has 0 bridgehead atoms. The molecule has 1 rings (SSSR count). The van der Waals surface area contributed by atoms with Crippen molar-refractivity contribution in [3.63, 3.8) is 0 Å². The first-order chi connectivity index (χ1) is 8.36. The molecule has 0 aromatic heterocycles. The van der Waals surface area contributed by atoms with E-state index < -0.39 is 49.4 Å². The summed E-state index contributed by atoms with van der Waals surface area (Å²) in [6, 6.07) is 0. The minimum atomic E-state index is -1.53. The zero-order valence-electron chi connectivity index (χ0n) is 9.84. The molecule has 4 unspecified atom stereocenters. The minimum absolute atomic E-state index is 0.297. The molecule has 1 saturated heterocycles. The van der Waals surface area contributed by atoms with E-state index in [1.54, 1.807) is 0 Å². The SMILES string of the molecule is CC(CC(=O)O)OC1OC(CO)[C@H](O)[C@H](O)C1O. The van der Waals surface area contributed by atoms with Crippen molar-refractivity contribution in [1.82, 2.24) is 0 Å². The third kappa shape index (κ3) is 3.61. The van der Waals surface area contributed by atoms with Gasteiger partial charge in [-0.15, -0.1) is 0 Å². The summed E-state index contributed by atoms with van der Waals surface area (Å²) in [6.45, 7) is 0.910. The van der Waals surface area contributed by atoms with E-state index in [0.29, 0.717) is 0 Å². The van der Waals surface area contributed by atoms with E-state index in [-0.39, 0.29) is 6.42 Å². The summed E-state index contributed by atoms with van der Waals surface area (Å²) >= 11 is 0. The van der Waals surface area contributed by atoms with Crippen molar-refractivity contribution in [2.45, 2.75) is 50.2 Å². The molecule has 18 heavy (non-hydrogen) atoms. The molecule has 5 N–H and O–H groups in total. The second kappa shape index (κ2) is 6.41. The molecule has 1 heterocycles. The molecule has 0 aliphatic carbocycles. The van der Waals surface area contributed by atoms with Crippen LogP contribution in [0.4, 0.5) is 0 Å². The Kier molecular flexibility index (Phi) is 5.45. The summed E-state index contributed by atoms with van der Waals surface area (Å²) in [6.07, 6.45) is -7.91. The summed E-state index contributed by atoms with van der Waals surface area (Å²) in [4.78, 5) is 10.5. The van der Waals surface area contributed by atoms with Crippen LogP contribution in [0.5, 0.6) is 0 Å². The fourth-order valence-corrected chi connectivity index (χ4v) is 1.70. The number of ether oxygens (including phenoxy) is 2. The van der Waals surface area contributed by atoms with Crippen LogP contribution in [0, 0.1) is 0 Å². The van der Waals surface area contributed by atoms with Crippen molar-refractivity contribution < 1.29 is 39.8 Å². The standard InChI is InChI=1S/C10H18O8/c1-4(2-6(12)13)17-10-9(16)8(15)7(14)5(3-11)18-10/h4-5,7-11,14-16H,2-3H2,1H3,(H,12,13)/t4?,5?,7-,8-,9?,10?/m0/s1. The van der Waals surface area contributed by atoms with Gasteiger partial charge in [-0.25, -0.2) is 0 Å². The van der Waals surface area contributed by atoms with E-state index >= 15 is 0 Å². The molecule has 8 heteroatoms. The van der Waals surface area contributed by atoms with Gasteiger partial charge in [0.1, 0.15) is 24.4 Å². The molecule has 106 valence electrons. The van der Waals surface area contributed by atoms with Gasteiger partial charge in [0.15, 0.2) is 6.29 Å². The third-order valence-electron chi connectivity index (χ3n) is 2.68. The van der Waals surface area contributed by atoms with Gasteiger partial charge >= 0.3 is 5.97 Å². The Hall–Kier alpha value is -0.770. The molecule has 0 radical (unpaired) electrons. The highest BCUT2D eigenvalue weighted by Crippen LogP contribution is 2.23. The lowest BCUT2D eigenvalue weighted by molar-refractivity contribution is -0.310. The maximum atomic E-state index is 10.5. The van der Waals surface area contributed by atoms with Crippen molar-refractivity contribution >= 4 is 5.97 Å². The average Bonchev–Trinajstić information content (AvgIpc) is 2.29. The lowest BCUT2D eigenvalue weighted by atomic mass is 9.99. The third-order valence-corrected chi connectivity index (χ3v) is 2.68. The van der Waals surface area contributed by atoms with Crippen molar-refractivity contribution in [2.75, 3.05) is 6.61 Å². The zero-order chi connectivity index (χ0) is 13.9. The van der Waals surface area contributed by atoms with Gasteiger partial charge in [0.25, 0.3) is 0 Å². The normalized spacial score (nSPS) is 38.4. The molecular weight excluding hydrogens is 248 g/mol. The highest BCUT2D eigenvalue weighted by molar-refractivity contribution is 5.67. The average molecular weight is 266 g/mol. The molecule has 0 aromatic carbocycles. The topological polar surface area (TPSA) is 137 Å². The first-order valence-electron chi connectivity index (χ1n) is 5.54. The molecule has 1 aliphatic heterocycles. The van der Waals surface area contributed by atoms with Crippen LogP contribution in [0.25, 0.3) is 0 Å².